The normalized spacial score (nSPS) is 11.5. The van der Waals surface area contributed by atoms with Gasteiger partial charge < -0.3 is 5.32 Å². The monoisotopic (exact) mass is 451 g/mol. The third kappa shape index (κ3) is 3.23. The molecule has 0 saturated carbocycles. The lowest BCUT2D eigenvalue weighted by atomic mass is 10.0. The minimum Gasteiger partial charge on any atom is -0.354 e. The lowest BCUT2D eigenvalue weighted by molar-refractivity contribution is 1.57. The second-order valence-corrected chi connectivity index (χ2v) is 9.80. The molecule has 0 unspecified atom stereocenters. The maximum Gasteiger partial charge on any atom is 0.0590 e. The minimum absolute atomic E-state index is 1.10. The van der Waals surface area contributed by atoms with E-state index < -0.39 is 0 Å². The molecule has 0 saturated heterocycles. The van der Waals surface area contributed by atoms with E-state index in [4.69, 9.17) is 0 Å². The molecule has 0 aliphatic heterocycles. The van der Waals surface area contributed by atoms with Crippen molar-refractivity contribution in [1.82, 2.24) is 0 Å². The molecule has 0 amide bonds. The summed E-state index contributed by atoms with van der Waals surface area (Å²) < 4.78 is 2.63. The number of hydrogen-bond donors (Lipinski definition) is 1. The van der Waals surface area contributed by atoms with E-state index in [0.29, 0.717) is 0 Å². The van der Waals surface area contributed by atoms with E-state index in [2.05, 4.69) is 127 Å². The highest BCUT2D eigenvalue weighted by Gasteiger charge is 2.10. The summed E-state index contributed by atoms with van der Waals surface area (Å²) >= 11 is 1.86. The molecule has 0 aliphatic rings. The number of hydrogen-bond acceptors (Lipinski definition) is 2. The Hall–Kier alpha value is -4.14. The molecule has 0 spiro atoms. The van der Waals surface area contributed by atoms with Crippen molar-refractivity contribution in [2.75, 3.05) is 5.32 Å². The molecule has 6 aromatic carbocycles. The Morgan fingerprint density at radius 2 is 1.15 bits per heavy atom. The lowest BCUT2D eigenvalue weighted by Gasteiger charge is -2.09. The predicted octanol–water partition coefficient (Wildman–Crippen LogP) is 9.77. The fourth-order valence-electron chi connectivity index (χ4n) is 4.85. The van der Waals surface area contributed by atoms with Crippen molar-refractivity contribution in [3.05, 3.63) is 121 Å². The fourth-order valence-corrected chi connectivity index (χ4v) is 6.05. The molecule has 0 radical (unpaired) electrons. The van der Waals surface area contributed by atoms with E-state index in [1.807, 2.05) is 11.3 Å². The Morgan fingerprint density at radius 3 is 1.94 bits per heavy atom. The molecule has 7 rings (SSSR count). The van der Waals surface area contributed by atoms with E-state index in [-0.39, 0.29) is 0 Å². The first-order chi connectivity index (χ1) is 16.8. The van der Waals surface area contributed by atoms with Crippen molar-refractivity contribution in [2.24, 2.45) is 0 Å². The van der Waals surface area contributed by atoms with E-state index >= 15 is 0 Å². The van der Waals surface area contributed by atoms with Crippen molar-refractivity contribution in [3.8, 4) is 11.1 Å². The van der Waals surface area contributed by atoms with Crippen LogP contribution in [0.15, 0.2) is 121 Å². The Bertz CT molecular complexity index is 1830. The maximum absolute atomic E-state index is 3.67. The van der Waals surface area contributed by atoms with Crippen LogP contribution in [-0.2, 0) is 0 Å². The molecule has 160 valence electrons. The first-order valence-corrected chi connectivity index (χ1v) is 12.3. The van der Waals surface area contributed by atoms with Crippen LogP contribution in [0.2, 0.25) is 0 Å². The molecule has 7 aromatic rings. The SMILES string of the molecule is c1ccc2cc(-c3ccc(Nc4cccc5c4sc4cc6ccccc6cc45)cc3)ccc2c1. The number of fused-ring (bicyclic) bond motifs is 5. The summed E-state index contributed by atoms with van der Waals surface area (Å²) in [5.41, 5.74) is 4.72. The van der Waals surface area contributed by atoms with Crippen LogP contribution in [0.25, 0.3) is 52.8 Å². The van der Waals surface area contributed by atoms with Crippen molar-refractivity contribution >= 4 is 64.4 Å². The summed E-state index contributed by atoms with van der Waals surface area (Å²) in [6, 6.07) is 43.7. The van der Waals surface area contributed by atoms with Crippen molar-refractivity contribution in [1.29, 1.82) is 0 Å². The zero-order chi connectivity index (χ0) is 22.5. The topological polar surface area (TPSA) is 12.0 Å². The molecule has 1 heterocycles. The molecule has 1 nitrogen and oxygen atoms in total. The molecule has 0 atom stereocenters. The van der Waals surface area contributed by atoms with Crippen molar-refractivity contribution in [2.45, 2.75) is 0 Å². The van der Waals surface area contributed by atoms with Gasteiger partial charge in [0.25, 0.3) is 0 Å². The number of anilines is 2. The van der Waals surface area contributed by atoms with Gasteiger partial charge in [0.05, 0.1) is 10.4 Å². The Kier molecular flexibility index (Phi) is 4.39. The van der Waals surface area contributed by atoms with E-state index in [1.54, 1.807) is 0 Å². The first kappa shape index (κ1) is 19.3. The van der Waals surface area contributed by atoms with E-state index in [9.17, 15) is 0 Å². The van der Waals surface area contributed by atoms with Crippen LogP contribution >= 0.6 is 11.3 Å². The van der Waals surface area contributed by atoms with E-state index in [1.165, 1.54) is 52.8 Å². The van der Waals surface area contributed by atoms with Crippen LogP contribution in [0.5, 0.6) is 0 Å². The van der Waals surface area contributed by atoms with Gasteiger partial charge in [0.15, 0.2) is 0 Å². The van der Waals surface area contributed by atoms with Crippen LogP contribution in [0, 0.1) is 0 Å². The van der Waals surface area contributed by atoms with Gasteiger partial charge in [0, 0.05) is 21.2 Å². The third-order valence-corrected chi connectivity index (χ3v) is 7.81. The van der Waals surface area contributed by atoms with Crippen LogP contribution in [0.1, 0.15) is 0 Å². The second kappa shape index (κ2) is 7.72. The summed E-state index contributed by atoms with van der Waals surface area (Å²) in [6.45, 7) is 0. The third-order valence-electron chi connectivity index (χ3n) is 6.61. The van der Waals surface area contributed by atoms with Gasteiger partial charge in [-0.15, -0.1) is 11.3 Å². The fraction of sp³-hybridized carbons (Fsp3) is 0. The Balaban J connectivity index is 1.25. The molecule has 2 heteroatoms. The zero-order valence-electron chi connectivity index (χ0n) is 18.5. The molecule has 0 bridgehead atoms. The summed E-state index contributed by atoms with van der Waals surface area (Å²) in [5, 5.41) is 11.4. The van der Waals surface area contributed by atoms with Gasteiger partial charge in [-0.25, -0.2) is 0 Å². The first-order valence-electron chi connectivity index (χ1n) is 11.5. The average molecular weight is 452 g/mol. The Labute approximate surface area is 201 Å². The second-order valence-electron chi connectivity index (χ2n) is 8.74. The Morgan fingerprint density at radius 1 is 0.471 bits per heavy atom. The molecular formula is C32H21NS. The summed E-state index contributed by atoms with van der Waals surface area (Å²) in [6.07, 6.45) is 0. The summed E-state index contributed by atoms with van der Waals surface area (Å²) in [5.74, 6) is 0. The van der Waals surface area contributed by atoms with Crippen LogP contribution in [0.3, 0.4) is 0 Å². The van der Waals surface area contributed by atoms with Gasteiger partial charge in [0.1, 0.15) is 0 Å². The number of benzene rings is 6. The van der Waals surface area contributed by atoms with Crippen LogP contribution < -0.4 is 5.32 Å². The molecule has 0 fully saturated rings. The van der Waals surface area contributed by atoms with Gasteiger partial charge in [0.2, 0.25) is 0 Å². The molecule has 1 N–H and O–H groups in total. The summed E-state index contributed by atoms with van der Waals surface area (Å²) in [4.78, 5) is 0. The van der Waals surface area contributed by atoms with Gasteiger partial charge in [-0.05, 0) is 69.1 Å². The predicted molar refractivity (Wildman–Crippen MR) is 150 cm³/mol. The van der Waals surface area contributed by atoms with Gasteiger partial charge in [-0.3, -0.25) is 0 Å². The number of thiophene rings is 1. The van der Waals surface area contributed by atoms with Gasteiger partial charge >= 0.3 is 0 Å². The van der Waals surface area contributed by atoms with Crippen molar-refractivity contribution in [3.63, 3.8) is 0 Å². The standard InChI is InChI=1S/C32H21NS/c1-2-7-23-18-26(13-12-21(23)6-1)22-14-16-27(17-15-22)33-30-11-5-10-28-29-19-24-8-3-4-9-25(24)20-31(29)34-32(28)30/h1-20,33H. The highest BCUT2D eigenvalue weighted by molar-refractivity contribution is 7.26. The largest absolute Gasteiger partial charge is 0.354 e. The highest BCUT2D eigenvalue weighted by atomic mass is 32.1. The molecule has 0 aliphatic carbocycles. The number of rotatable bonds is 3. The van der Waals surface area contributed by atoms with Crippen LogP contribution in [0.4, 0.5) is 11.4 Å². The quantitative estimate of drug-likeness (QED) is 0.282. The lowest BCUT2D eigenvalue weighted by Crippen LogP contribution is -1.90. The van der Waals surface area contributed by atoms with Crippen LogP contribution in [-0.4, -0.2) is 0 Å². The summed E-state index contributed by atoms with van der Waals surface area (Å²) in [7, 11) is 0. The molecular weight excluding hydrogens is 430 g/mol. The van der Waals surface area contributed by atoms with Gasteiger partial charge in [-0.2, -0.15) is 0 Å². The number of nitrogens with one attached hydrogen (secondary N) is 1. The minimum atomic E-state index is 1.10. The maximum atomic E-state index is 3.67. The molecule has 34 heavy (non-hydrogen) atoms. The van der Waals surface area contributed by atoms with Crippen molar-refractivity contribution < 1.29 is 0 Å². The zero-order valence-corrected chi connectivity index (χ0v) is 19.3. The molecule has 1 aromatic heterocycles. The average Bonchev–Trinajstić information content (AvgIpc) is 3.26. The van der Waals surface area contributed by atoms with Gasteiger partial charge in [-0.1, -0.05) is 84.9 Å². The smallest absolute Gasteiger partial charge is 0.0590 e. The highest BCUT2D eigenvalue weighted by Crippen LogP contribution is 2.40. The van der Waals surface area contributed by atoms with E-state index in [0.717, 1.165) is 11.4 Å².